The molecule has 0 amide bonds. The highest BCUT2D eigenvalue weighted by Gasteiger charge is 1.98. The standard InChI is InChI=1S/C22H26O2/c1-2-3-4-8-17-24-22(23)16-15-19-11-13-21(14-12-19)18-20-9-6-5-7-10-20/h5-7,9-16H,2-4,8,17-18H2,1H3/b16-15+. The second-order valence-corrected chi connectivity index (χ2v) is 5.97. The molecule has 0 N–H and O–H groups in total. The van der Waals surface area contributed by atoms with Crippen molar-refractivity contribution in [3.05, 3.63) is 77.4 Å². The Labute approximate surface area is 145 Å². The van der Waals surface area contributed by atoms with Crippen LogP contribution in [-0.4, -0.2) is 12.6 Å². The summed E-state index contributed by atoms with van der Waals surface area (Å²) in [7, 11) is 0. The lowest BCUT2D eigenvalue weighted by Gasteiger charge is -2.03. The second-order valence-electron chi connectivity index (χ2n) is 5.97. The summed E-state index contributed by atoms with van der Waals surface area (Å²) in [5.74, 6) is -0.264. The molecule has 0 aliphatic rings. The monoisotopic (exact) mass is 322 g/mol. The van der Waals surface area contributed by atoms with E-state index in [1.807, 2.05) is 18.2 Å². The van der Waals surface area contributed by atoms with Gasteiger partial charge in [0.2, 0.25) is 0 Å². The molecule has 0 unspecified atom stereocenters. The van der Waals surface area contributed by atoms with Gasteiger partial charge in [-0.1, -0.05) is 80.8 Å². The van der Waals surface area contributed by atoms with Crippen molar-refractivity contribution < 1.29 is 9.53 Å². The smallest absolute Gasteiger partial charge is 0.330 e. The lowest BCUT2D eigenvalue weighted by atomic mass is 10.0. The fourth-order valence-corrected chi connectivity index (χ4v) is 2.49. The summed E-state index contributed by atoms with van der Waals surface area (Å²) in [6, 6.07) is 18.7. The van der Waals surface area contributed by atoms with Crippen LogP contribution in [0.15, 0.2) is 60.7 Å². The molecule has 0 spiro atoms. The Kier molecular flexibility index (Phi) is 7.82. The summed E-state index contributed by atoms with van der Waals surface area (Å²) in [4.78, 5) is 11.6. The van der Waals surface area contributed by atoms with Crippen LogP contribution in [0.25, 0.3) is 6.08 Å². The molecule has 2 heteroatoms. The van der Waals surface area contributed by atoms with Crippen LogP contribution in [-0.2, 0) is 16.0 Å². The van der Waals surface area contributed by atoms with E-state index in [-0.39, 0.29) is 5.97 Å². The molecule has 2 aromatic rings. The van der Waals surface area contributed by atoms with E-state index in [0.717, 1.165) is 24.8 Å². The molecular formula is C22H26O2. The van der Waals surface area contributed by atoms with E-state index >= 15 is 0 Å². The Morgan fingerprint density at radius 1 is 0.917 bits per heavy atom. The van der Waals surface area contributed by atoms with Crippen LogP contribution in [0.4, 0.5) is 0 Å². The first-order valence-corrected chi connectivity index (χ1v) is 8.75. The fourth-order valence-electron chi connectivity index (χ4n) is 2.49. The predicted octanol–water partition coefficient (Wildman–Crippen LogP) is 5.41. The summed E-state index contributed by atoms with van der Waals surface area (Å²) < 4.78 is 5.19. The van der Waals surface area contributed by atoms with Gasteiger partial charge >= 0.3 is 5.97 Å². The first-order chi connectivity index (χ1) is 11.8. The molecular weight excluding hydrogens is 296 g/mol. The molecule has 2 rings (SSSR count). The Balaban J connectivity index is 1.77. The number of hydrogen-bond donors (Lipinski definition) is 0. The number of ether oxygens (including phenoxy) is 1. The van der Waals surface area contributed by atoms with Gasteiger partial charge in [-0.05, 0) is 35.6 Å². The van der Waals surface area contributed by atoms with Gasteiger partial charge in [-0.2, -0.15) is 0 Å². The van der Waals surface area contributed by atoms with Gasteiger partial charge in [-0.25, -0.2) is 4.79 Å². The zero-order chi connectivity index (χ0) is 17.0. The molecule has 0 aliphatic carbocycles. The van der Waals surface area contributed by atoms with Crippen LogP contribution in [0, 0.1) is 0 Å². The number of rotatable bonds is 9. The minimum Gasteiger partial charge on any atom is -0.463 e. The maximum Gasteiger partial charge on any atom is 0.330 e. The van der Waals surface area contributed by atoms with Gasteiger partial charge in [-0.3, -0.25) is 0 Å². The van der Waals surface area contributed by atoms with Gasteiger partial charge < -0.3 is 4.74 Å². The summed E-state index contributed by atoms with van der Waals surface area (Å²) in [5.41, 5.74) is 3.57. The first kappa shape index (κ1) is 18.0. The van der Waals surface area contributed by atoms with E-state index in [4.69, 9.17) is 4.74 Å². The van der Waals surface area contributed by atoms with Crippen molar-refractivity contribution in [2.75, 3.05) is 6.61 Å². The second kappa shape index (κ2) is 10.4. The summed E-state index contributed by atoms with van der Waals surface area (Å²) in [6.07, 6.45) is 8.69. The van der Waals surface area contributed by atoms with Crippen molar-refractivity contribution in [2.45, 2.75) is 39.0 Å². The van der Waals surface area contributed by atoms with E-state index in [0.29, 0.717) is 6.61 Å². The van der Waals surface area contributed by atoms with Crippen LogP contribution in [0.1, 0.15) is 49.3 Å². The van der Waals surface area contributed by atoms with E-state index in [1.54, 1.807) is 6.08 Å². The minimum absolute atomic E-state index is 0.264. The maximum atomic E-state index is 11.6. The van der Waals surface area contributed by atoms with Crippen molar-refractivity contribution in [3.8, 4) is 0 Å². The van der Waals surface area contributed by atoms with E-state index in [1.165, 1.54) is 30.0 Å². The molecule has 0 heterocycles. The van der Waals surface area contributed by atoms with E-state index < -0.39 is 0 Å². The van der Waals surface area contributed by atoms with Gasteiger partial charge in [0.1, 0.15) is 0 Å². The van der Waals surface area contributed by atoms with Gasteiger partial charge in [0.25, 0.3) is 0 Å². The normalized spacial score (nSPS) is 10.9. The molecule has 0 fully saturated rings. The van der Waals surface area contributed by atoms with E-state index in [2.05, 4.69) is 43.3 Å². The number of carbonyl (C=O) groups excluding carboxylic acids is 1. The zero-order valence-corrected chi connectivity index (χ0v) is 14.4. The molecule has 0 aliphatic heterocycles. The number of benzene rings is 2. The number of carbonyl (C=O) groups is 1. The topological polar surface area (TPSA) is 26.3 Å². The number of unbranched alkanes of at least 4 members (excludes halogenated alkanes) is 3. The van der Waals surface area contributed by atoms with Crippen LogP contribution in [0.5, 0.6) is 0 Å². The van der Waals surface area contributed by atoms with E-state index in [9.17, 15) is 4.79 Å². The Hall–Kier alpha value is -2.35. The number of esters is 1. The average Bonchev–Trinajstić information content (AvgIpc) is 2.62. The SMILES string of the molecule is CCCCCCOC(=O)/C=C/c1ccc(Cc2ccccc2)cc1. The number of hydrogen-bond acceptors (Lipinski definition) is 2. The molecule has 0 atom stereocenters. The van der Waals surface area contributed by atoms with Gasteiger partial charge in [0.05, 0.1) is 6.61 Å². The Morgan fingerprint density at radius 3 is 2.33 bits per heavy atom. The molecule has 0 radical (unpaired) electrons. The van der Waals surface area contributed by atoms with Gasteiger partial charge in [0.15, 0.2) is 0 Å². The van der Waals surface area contributed by atoms with Crippen LogP contribution < -0.4 is 0 Å². The predicted molar refractivity (Wildman–Crippen MR) is 99.8 cm³/mol. The summed E-state index contributed by atoms with van der Waals surface area (Å²) >= 11 is 0. The summed E-state index contributed by atoms with van der Waals surface area (Å²) in [6.45, 7) is 2.68. The third kappa shape index (κ3) is 6.82. The lowest BCUT2D eigenvalue weighted by Crippen LogP contribution is -2.02. The third-order valence-corrected chi connectivity index (χ3v) is 3.88. The van der Waals surface area contributed by atoms with Crippen molar-refractivity contribution in [3.63, 3.8) is 0 Å². The molecule has 2 nitrogen and oxygen atoms in total. The fraction of sp³-hybridized carbons (Fsp3) is 0.318. The van der Waals surface area contributed by atoms with Crippen LogP contribution in [0.3, 0.4) is 0 Å². The lowest BCUT2D eigenvalue weighted by molar-refractivity contribution is -0.137. The van der Waals surface area contributed by atoms with Crippen LogP contribution >= 0.6 is 0 Å². The molecule has 0 saturated heterocycles. The molecule has 126 valence electrons. The van der Waals surface area contributed by atoms with Gasteiger partial charge in [0, 0.05) is 6.08 Å². The molecule has 0 bridgehead atoms. The van der Waals surface area contributed by atoms with Crippen LogP contribution in [0.2, 0.25) is 0 Å². The summed E-state index contributed by atoms with van der Waals surface area (Å²) in [5, 5.41) is 0. The highest BCUT2D eigenvalue weighted by Crippen LogP contribution is 2.11. The highest BCUT2D eigenvalue weighted by molar-refractivity contribution is 5.87. The van der Waals surface area contributed by atoms with Crippen molar-refractivity contribution >= 4 is 12.0 Å². The molecule has 2 aromatic carbocycles. The molecule has 0 aromatic heterocycles. The molecule has 0 saturated carbocycles. The highest BCUT2D eigenvalue weighted by atomic mass is 16.5. The Morgan fingerprint density at radius 2 is 1.62 bits per heavy atom. The minimum atomic E-state index is -0.264. The first-order valence-electron chi connectivity index (χ1n) is 8.75. The largest absolute Gasteiger partial charge is 0.463 e. The van der Waals surface area contributed by atoms with Crippen molar-refractivity contribution in [1.29, 1.82) is 0 Å². The average molecular weight is 322 g/mol. The van der Waals surface area contributed by atoms with Gasteiger partial charge in [-0.15, -0.1) is 0 Å². The van der Waals surface area contributed by atoms with Crippen molar-refractivity contribution in [1.82, 2.24) is 0 Å². The molecule has 24 heavy (non-hydrogen) atoms. The maximum absolute atomic E-state index is 11.6. The zero-order valence-electron chi connectivity index (χ0n) is 14.4. The Bertz CT molecular complexity index is 627. The van der Waals surface area contributed by atoms with Crippen molar-refractivity contribution in [2.24, 2.45) is 0 Å². The third-order valence-electron chi connectivity index (χ3n) is 3.88. The quantitative estimate of drug-likeness (QED) is 0.350.